The van der Waals surface area contributed by atoms with Crippen molar-refractivity contribution in [2.75, 3.05) is 5.32 Å². The zero-order valence-corrected chi connectivity index (χ0v) is 12.8. The molecule has 19 heavy (non-hydrogen) atoms. The maximum Gasteiger partial charge on any atom is 0.184 e. The fourth-order valence-electron chi connectivity index (χ4n) is 2.82. The van der Waals surface area contributed by atoms with Gasteiger partial charge in [0.2, 0.25) is 0 Å². The van der Waals surface area contributed by atoms with E-state index in [-0.39, 0.29) is 0 Å². The van der Waals surface area contributed by atoms with Gasteiger partial charge in [0.05, 0.1) is 10.2 Å². The number of benzene rings is 1. The van der Waals surface area contributed by atoms with E-state index in [0.717, 1.165) is 10.6 Å². The number of nitrogens with one attached hydrogen (secondary N) is 1. The number of thiazole rings is 1. The third kappa shape index (κ3) is 2.92. The molecule has 1 aromatic heterocycles. The highest BCUT2D eigenvalue weighted by Gasteiger charge is 2.27. The summed E-state index contributed by atoms with van der Waals surface area (Å²) >= 11 is 1.78. The van der Waals surface area contributed by atoms with Crippen molar-refractivity contribution in [1.29, 1.82) is 0 Å². The summed E-state index contributed by atoms with van der Waals surface area (Å²) in [6.07, 6.45) is 5.16. The smallest absolute Gasteiger partial charge is 0.184 e. The van der Waals surface area contributed by atoms with Gasteiger partial charge in [-0.05, 0) is 55.7 Å². The molecule has 1 aromatic carbocycles. The fourth-order valence-corrected chi connectivity index (χ4v) is 3.74. The van der Waals surface area contributed by atoms with Gasteiger partial charge in [-0.25, -0.2) is 4.98 Å². The molecular weight excluding hydrogens is 252 g/mol. The lowest BCUT2D eigenvalue weighted by Crippen LogP contribution is -2.29. The molecule has 3 heteroatoms. The molecular formula is C16H22N2S. The summed E-state index contributed by atoms with van der Waals surface area (Å²) in [7, 11) is 0. The van der Waals surface area contributed by atoms with Crippen molar-refractivity contribution in [1.82, 2.24) is 4.98 Å². The van der Waals surface area contributed by atoms with Crippen LogP contribution in [0.4, 0.5) is 5.13 Å². The van der Waals surface area contributed by atoms with Gasteiger partial charge in [0, 0.05) is 6.04 Å². The van der Waals surface area contributed by atoms with Crippen molar-refractivity contribution in [2.45, 2.75) is 52.5 Å². The van der Waals surface area contributed by atoms with E-state index in [2.05, 4.69) is 44.3 Å². The molecule has 1 N–H and O–H groups in total. The first kappa shape index (κ1) is 12.9. The van der Waals surface area contributed by atoms with Gasteiger partial charge in [0.1, 0.15) is 0 Å². The topological polar surface area (TPSA) is 24.9 Å². The Balaban J connectivity index is 1.72. The highest BCUT2D eigenvalue weighted by Crippen LogP contribution is 2.37. The third-order valence-corrected chi connectivity index (χ3v) is 5.18. The lowest BCUT2D eigenvalue weighted by molar-refractivity contribution is 0.232. The molecule has 2 nitrogen and oxygen atoms in total. The molecule has 0 atom stereocenters. The van der Waals surface area contributed by atoms with E-state index in [4.69, 9.17) is 4.98 Å². The van der Waals surface area contributed by atoms with Crippen molar-refractivity contribution >= 4 is 26.7 Å². The van der Waals surface area contributed by atoms with Crippen LogP contribution in [0.5, 0.6) is 0 Å². The summed E-state index contributed by atoms with van der Waals surface area (Å²) in [6.45, 7) is 6.88. The third-order valence-electron chi connectivity index (χ3n) is 4.21. The number of hydrogen-bond acceptors (Lipinski definition) is 3. The predicted octanol–water partition coefficient (Wildman–Crippen LogP) is 4.99. The molecule has 0 spiro atoms. The number of fused-ring (bicyclic) bond motifs is 1. The van der Waals surface area contributed by atoms with Crippen LogP contribution in [-0.2, 0) is 0 Å². The van der Waals surface area contributed by atoms with Gasteiger partial charge < -0.3 is 5.32 Å². The van der Waals surface area contributed by atoms with Crippen molar-refractivity contribution < 1.29 is 0 Å². The molecule has 102 valence electrons. The number of nitrogens with zero attached hydrogens (tertiary/aromatic N) is 1. The molecule has 2 aromatic rings. The molecule has 1 fully saturated rings. The summed E-state index contributed by atoms with van der Waals surface area (Å²) in [6, 6.07) is 7.11. The monoisotopic (exact) mass is 274 g/mol. The number of rotatable bonds is 2. The van der Waals surface area contributed by atoms with Crippen LogP contribution in [0.3, 0.4) is 0 Å². The second-order valence-corrected chi connectivity index (χ2v) is 7.60. The Hall–Kier alpha value is -1.09. The van der Waals surface area contributed by atoms with Crippen molar-refractivity contribution in [2.24, 2.45) is 5.41 Å². The molecule has 0 aliphatic heterocycles. The average Bonchev–Trinajstić information content (AvgIpc) is 2.73. The molecule has 0 radical (unpaired) electrons. The van der Waals surface area contributed by atoms with Gasteiger partial charge in [-0.15, -0.1) is 0 Å². The molecule has 3 rings (SSSR count). The quantitative estimate of drug-likeness (QED) is 0.835. The van der Waals surface area contributed by atoms with Gasteiger partial charge >= 0.3 is 0 Å². The van der Waals surface area contributed by atoms with Gasteiger partial charge in [-0.2, -0.15) is 0 Å². The number of hydrogen-bond donors (Lipinski definition) is 1. The minimum Gasteiger partial charge on any atom is -0.359 e. The number of aromatic nitrogens is 1. The minimum atomic E-state index is 0.531. The van der Waals surface area contributed by atoms with Crippen LogP contribution in [0, 0.1) is 12.3 Å². The van der Waals surface area contributed by atoms with E-state index in [0.29, 0.717) is 11.5 Å². The maximum atomic E-state index is 4.71. The first-order chi connectivity index (χ1) is 9.02. The van der Waals surface area contributed by atoms with Crippen molar-refractivity contribution in [3.63, 3.8) is 0 Å². The molecule has 0 saturated heterocycles. The van der Waals surface area contributed by atoms with Crippen LogP contribution in [-0.4, -0.2) is 11.0 Å². The van der Waals surface area contributed by atoms with Crippen LogP contribution >= 0.6 is 11.3 Å². The lowest BCUT2D eigenvalue weighted by atomic mass is 9.76. The minimum absolute atomic E-state index is 0.531. The maximum absolute atomic E-state index is 4.71. The fraction of sp³-hybridized carbons (Fsp3) is 0.562. The zero-order chi connectivity index (χ0) is 13.5. The van der Waals surface area contributed by atoms with E-state index < -0.39 is 0 Å². The molecule has 1 aliphatic carbocycles. The second-order valence-electron chi connectivity index (χ2n) is 6.57. The molecule has 1 saturated carbocycles. The van der Waals surface area contributed by atoms with Gasteiger partial charge in [-0.3, -0.25) is 0 Å². The molecule has 0 unspecified atom stereocenters. The number of aryl methyl sites for hydroxylation is 1. The van der Waals surface area contributed by atoms with Crippen LogP contribution in [0.25, 0.3) is 10.2 Å². The molecule has 1 heterocycles. The predicted molar refractivity (Wildman–Crippen MR) is 84.0 cm³/mol. The Bertz CT molecular complexity index is 575. The van der Waals surface area contributed by atoms with Crippen molar-refractivity contribution in [3.05, 3.63) is 23.8 Å². The first-order valence-corrected chi connectivity index (χ1v) is 7.97. The van der Waals surface area contributed by atoms with Gasteiger partial charge in [-0.1, -0.05) is 31.3 Å². The Morgan fingerprint density at radius 3 is 2.74 bits per heavy atom. The van der Waals surface area contributed by atoms with Crippen LogP contribution in [0.2, 0.25) is 0 Å². The Kier molecular flexibility index (Phi) is 3.25. The van der Waals surface area contributed by atoms with Gasteiger partial charge in [0.25, 0.3) is 0 Å². The van der Waals surface area contributed by atoms with E-state index >= 15 is 0 Å². The van der Waals surface area contributed by atoms with Crippen LogP contribution in [0.15, 0.2) is 18.2 Å². The standard InChI is InChI=1S/C16H22N2S/c1-11-4-5-14-13(10-11)18-15(19-14)17-12-6-8-16(2,3)9-7-12/h4-5,10,12H,6-9H2,1-3H3,(H,17,18). The summed E-state index contributed by atoms with van der Waals surface area (Å²) in [5.41, 5.74) is 2.94. The van der Waals surface area contributed by atoms with Crippen LogP contribution < -0.4 is 5.32 Å². The van der Waals surface area contributed by atoms with E-state index in [1.807, 2.05) is 0 Å². The molecule has 0 amide bonds. The van der Waals surface area contributed by atoms with E-state index in [1.54, 1.807) is 11.3 Å². The molecule has 1 aliphatic rings. The Labute approximate surface area is 119 Å². The second kappa shape index (κ2) is 4.78. The van der Waals surface area contributed by atoms with E-state index in [1.165, 1.54) is 35.9 Å². The Morgan fingerprint density at radius 1 is 1.26 bits per heavy atom. The Morgan fingerprint density at radius 2 is 2.00 bits per heavy atom. The summed E-state index contributed by atoms with van der Waals surface area (Å²) in [5.74, 6) is 0. The van der Waals surface area contributed by atoms with Crippen LogP contribution in [0.1, 0.15) is 45.1 Å². The molecule has 0 bridgehead atoms. The summed E-state index contributed by atoms with van der Waals surface area (Å²) in [5, 5.41) is 4.72. The summed E-state index contributed by atoms with van der Waals surface area (Å²) in [4.78, 5) is 4.71. The van der Waals surface area contributed by atoms with Gasteiger partial charge in [0.15, 0.2) is 5.13 Å². The highest BCUT2D eigenvalue weighted by molar-refractivity contribution is 7.22. The largest absolute Gasteiger partial charge is 0.359 e. The average molecular weight is 274 g/mol. The SMILES string of the molecule is Cc1ccc2sc(NC3CCC(C)(C)CC3)nc2c1. The number of anilines is 1. The normalized spacial score (nSPS) is 19.7. The van der Waals surface area contributed by atoms with E-state index in [9.17, 15) is 0 Å². The summed E-state index contributed by atoms with van der Waals surface area (Å²) < 4.78 is 1.28. The first-order valence-electron chi connectivity index (χ1n) is 7.16. The zero-order valence-electron chi connectivity index (χ0n) is 12.0. The lowest BCUT2D eigenvalue weighted by Gasteiger charge is -2.34. The highest BCUT2D eigenvalue weighted by atomic mass is 32.1. The van der Waals surface area contributed by atoms with Crippen molar-refractivity contribution in [3.8, 4) is 0 Å².